The third-order valence-corrected chi connectivity index (χ3v) is 5.17. The molecule has 4 nitrogen and oxygen atoms in total. The van der Waals surface area contributed by atoms with Gasteiger partial charge in [0.25, 0.3) is 5.91 Å². The van der Waals surface area contributed by atoms with Gasteiger partial charge in [-0.05, 0) is 55.5 Å². The molecule has 27 heavy (non-hydrogen) atoms. The zero-order chi connectivity index (χ0) is 18.6. The first-order valence-corrected chi connectivity index (χ1v) is 9.55. The Bertz CT molecular complexity index is 1050. The van der Waals surface area contributed by atoms with Crippen LogP contribution in [0.3, 0.4) is 0 Å². The Hall–Kier alpha value is -3.18. The monoisotopic (exact) mass is 374 g/mol. The summed E-state index contributed by atoms with van der Waals surface area (Å²) in [4.78, 5) is 17.2. The van der Waals surface area contributed by atoms with Gasteiger partial charge in [0.2, 0.25) is 0 Å². The highest BCUT2D eigenvalue weighted by Gasteiger charge is 2.09. The number of nitrogens with one attached hydrogen (secondary N) is 1. The molecule has 4 aromatic rings. The maximum absolute atomic E-state index is 12.5. The molecule has 1 aromatic heterocycles. The average Bonchev–Trinajstić information content (AvgIpc) is 3.13. The molecule has 0 aliphatic rings. The number of benzene rings is 3. The Kier molecular flexibility index (Phi) is 4.85. The van der Waals surface area contributed by atoms with Crippen molar-refractivity contribution < 1.29 is 9.53 Å². The Morgan fingerprint density at radius 1 is 1.04 bits per heavy atom. The first-order valence-electron chi connectivity index (χ1n) is 8.73. The number of amides is 1. The van der Waals surface area contributed by atoms with E-state index in [1.54, 1.807) is 35.6 Å². The number of fused-ring (bicyclic) bond motifs is 1. The van der Waals surface area contributed by atoms with Crippen LogP contribution in [0.4, 0.5) is 5.69 Å². The van der Waals surface area contributed by atoms with E-state index in [1.165, 1.54) is 0 Å². The lowest BCUT2D eigenvalue weighted by Crippen LogP contribution is -2.11. The van der Waals surface area contributed by atoms with E-state index >= 15 is 0 Å². The number of hydrogen-bond donors (Lipinski definition) is 1. The SMILES string of the molecule is CCOc1ccc(C(=O)Nc2cccc(-c3nc4ccccc4s3)c2)cc1. The second-order valence-electron chi connectivity index (χ2n) is 5.98. The first kappa shape index (κ1) is 17.2. The number of para-hydroxylation sites is 1. The van der Waals surface area contributed by atoms with Crippen molar-refractivity contribution in [2.75, 3.05) is 11.9 Å². The van der Waals surface area contributed by atoms with E-state index in [-0.39, 0.29) is 5.91 Å². The maximum atomic E-state index is 12.5. The summed E-state index contributed by atoms with van der Waals surface area (Å²) in [5.74, 6) is 0.603. The predicted molar refractivity (Wildman–Crippen MR) is 111 cm³/mol. The Morgan fingerprint density at radius 2 is 1.85 bits per heavy atom. The van der Waals surface area contributed by atoms with E-state index in [0.717, 1.165) is 32.2 Å². The number of rotatable bonds is 5. The van der Waals surface area contributed by atoms with Crippen molar-refractivity contribution in [3.8, 4) is 16.3 Å². The summed E-state index contributed by atoms with van der Waals surface area (Å²) in [7, 11) is 0. The first-order chi connectivity index (χ1) is 13.2. The lowest BCUT2D eigenvalue weighted by atomic mass is 10.1. The van der Waals surface area contributed by atoms with Gasteiger partial charge in [0.15, 0.2) is 0 Å². The molecular formula is C22H18N2O2S. The van der Waals surface area contributed by atoms with Gasteiger partial charge >= 0.3 is 0 Å². The molecule has 0 bridgehead atoms. The molecule has 0 aliphatic carbocycles. The van der Waals surface area contributed by atoms with Crippen LogP contribution < -0.4 is 10.1 Å². The molecule has 0 saturated carbocycles. The lowest BCUT2D eigenvalue weighted by molar-refractivity contribution is 0.102. The Balaban J connectivity index is 1.54. The predicted octanol–water partition coefficient (Wildman–Crippen LogP) is 5.61. The lowest BCUT2D eigenvalue weighted by Gasteiger charge is -2.08. The third kappa shape index (κ3) is 3.83. The van der Waals surface area contributed by atoms with Gasteiger partial charge in [0.05, 0.1) is 16.8 Å². The number of hydrogen-bond acceptors (Lipinski definition) is 4. The minimum Gasteiger partial charge on any atom is -0.494 e. The van der Waals surface area contributed by atoms with Crippen LogP contribution in [0.2, 0.25) is 0 Å². The van der Waals surface area contributed by atoms with Gasteiger partial charge in [-0.1, -0.05) is 24.3 Å². The fraction of sp³-hybridized carbons (Fsp3) is 0.0909. The molecule has 0 radical (unpaired) electrons. The molecule has 1 heterocycles. The molecular weight excluding hydrogens is 356 g/mol. The number of thiazole rings is 1. The van der Waals surface area contributed by atoms with Gasteiger partial charge < -0.3 is 10.1 Å². The molecule has 1 amide bonds. The standard InChI is InChI=1S/C22H18N2O2S/c1-2-26-18-12-10-15(11-13-18)21(25)23-17-7-5-6-16(14-17)22-24-19-8-3-4-9-20(19)27-22/h3-14H,2H2,1H3,(H,23,25). The van der Waals surface area contributed by atoms with E-state index in [0.29, 0.717) is 12.2 Å². The summed E-state index contributed by atoms with van der Waals surface area (Å²) in [6, 6.07) is 23.0. The summed E-state index contributed by atoms with van der Waals surface area (Å²) >= 11 is 1.64. The molecule has 4 rings (SSSR count). The van der Waals surface area contributed by atoms with E-state index in [4.69, 9.17) is 4.74 Å². The quantitative estimate of drug-likeness (QED) is 0.494. The number of carbonyl (C=O) groups excluding carboxylic acids is 1. The maximum Gasteiger partial charge on any atom is 0.255 e. The van der Waals surface area contributed by atoms with Gasteiger partial charge in [0, 0.05) is 16.8 Å². The third-order valence-electron chi connectivity index (χ3n) is 4.09. The van der Waals surface area contributed by atoms with E-state index < -0.39 is 0 Å². The van der Waals surface area contributed by atoms with Crippen LogP contribution in [-0.4, -0.2) is 17.5 Å². The fourth-order valence-electron chi connectivity index (χ4n) is 2.80. The number of nitrogens with zero attached hydrogens (tertiary/aromatic N) is 1. The van der Waals surface area contributed by atoms with Crippen LogP contribution in [0.25, 0.3) is 20.8 Å². The zero-order valence-electron chi connectivity index (χ0n) is 14.8. The van der Waals surface area contributed by atoms with E-state index in [9.17, 15) is 4.79 Å². The number of carbonyl (C=O) groups is 1. The molecule has 0 unspecified atom stereocenters. The van der Waals surface area contributed by atoms with Crippen LogP contribution in [0.15, 0.2) is 72.8 Å². The van der Waals surface area contributed by atoms with Crippen molar-refractivity contribution >= 4 is 33.1 Å². The summed E-state index contributed by atoms with van der Waals surface area (Å²) in [5, 5.41) is 3.89. The van der Waals surface area contributed by atoms with Crippen molar-refractivity contribution in [2.24, 2.45) is 0 Å². The Labute approximate surface area is 161 Å². The summed E-state index contributed by atoms with van der Waals surface area (Å²) < 4.78 is 6.56. The molecule has 134 valence electrons. The van der Waals surface area contributed by atoms with Crippen molar-refractivity contribution in [1.82, 2.24) is 4.98 Å². The minimum atomic E-state index is -0.153. The zero-order valence-corrected chi connectivity index (χ0v) is 15.6. The molecule has 0 saturated heterocycles. The van der Waals surface area contributed by atoms with Gasteiger partial charge in [-0.2, -0.15) is 0 Å². The topological polar surface area (TPSA) is 51.2 Å². The second kappa shape index (κ2) is 7.60. The normalized spacial score (nSPS) is 10.7. The van der Waals surface area contributed by atoms with Gasteiger partial charge in [-0.25, -0.2) is 4.98 Å². The van der Waals surface area contributed by atoms with Crippen LogP contribution in [-0.2, 0) is 0 Å². The second-order valence-corrected chi connectivity index (χ2v) is 7.01. The largest absolute Gasteiger partial charge is 0.494 e. The van der Waals surface area contributed by atoms with Gasteiger partial charge in [0.1, 0.15) is 10.8 Å². The highest BCUT2D eigenvalue weighted by atomic mass is 32.1. The molecule has 0 spiro atoms. The van der Waals surface area contributed by atoms with Crippen LogP contribution in [0.1, 0.15) is 17.3 Å². The molecule has 0 fully saturated rings. The molecule has 5 heteroatoms. The number of aromatic nitrogens is 1. The average molecular weight is 374 g/mol. The van der Waals surface area contributed by atoms with Gasteiger partial charge in [-0.3, -0.25) is 4.79 Å². The van der Waals surface area contributed by atoms with Crippen LogP contribution in [0.5, 0.6) is 5.75 Å². The summed E-state index contributed by atoms with van der Waals surface area (Å²) in [5.41, 5.74) is 3.30. The van der Waals surface area contributed by atoms with Crippen LogP contribution >= 0.6 is 11.3 Å². The van der Waals surface area contributed by atoms with Crippen molar-refractivity contribution in [1.29, 1.82) is 0 Å². The number of ether oxygens (including phenoxy) is 1. The van der Waals surface area contributed by atoms with Gasteiger partial charge in [-0.15, -0.1) is 11.3 Å². The minimum absolute atomic E-state index is 0.153. The van der Waals surface area contributed by atoms with E-state index in [2.05, 4.69) is 16.4 Å². The number of anilines is 1. The molecule has 1 N–H and O–H groups in total. The fourth-order valence-corrected chi connectivity index (χ4v) is 3.76. The molecule has 3 aromatic carbocycles. The Morgan fingerprint density at radius 3 is 2.63 bits per heavy atom. The van der Waals surface area contributed by atoms with Crippen molar-refractivity contribution in [2.45, 2.75) is 6.92 Å². The highest BCUT2D eigenvalue weighted by molar-refractivity contribution is 7.21. The summed E-state index contributed by atoms with van der Waals surface area (Å²) in [6.07, 6.45) is 0. The van der Waals surface area contributed by atoms with Crippen LogP contribution in [0, 0.1) is 0 Å². The van der Waals surface area contributed by atoms with Crippen molar-refractivity contribution in [3.63, 3.8) is 0 Å². The highest BCUT2D eigenvalue weighted by Crippen LogP contribution is 2.31. The molecule has 0 aliphatic heterocycles. The summed E-state index contributed by atoms with van der Waals surface area (Å²) in [6.45, 7) is 2.53. The van der Waals surface area contributed by atoms with Crippen molar-refractivity contribution in [3.05, 3.63) is 78.4 Å². The molecule has 0 atom stereocenters. The van der Waals surface area contributed by atoms with E-state index in [1.807, 2.05) is 49.4 Å². The smallest absolute Gasteiger partial charge is 0.255 e.